The summed E-state index contributed by atoms with van der Waals surface area (Å²) in [5.41, 5.74) is 0.0372. The maximum atomic E-state index is 13.9. The van der Waals surface area contributed by atoms with Crippen molar-refractivity contribution in [3.63, 3.8) is 0 Å². The molecule has 1 N–H and O–H groups in total. The molecule has 2 nitrogen and oxygen atoms in total. The second kappa shape index (κ2) is 5.83. The zero-order chi connectivity index (χ0) is 16.9. The Morgan fingerprint density at radius 2 is 1.67 bits per heavy atom. The van der Waals surface area contributed by atoms with Crippen LogP contribution in [0.2, 0.25) is 0 Å². The van der Waals surface area contributed by atoms with Gasteiger partial charge in [0.1, 0.15) is 17.2 Å². The van der Waals surface area contributed by atoms with Crippen molar-refractivity contribution in [2.45, 2.75) is 28.2 Å². The van der Waals surface area contributed by atoms with Crippen molar-refractivity contribution >= 4 is 11.8 Å². The van der Waals surface area contributed by atoms with Gasteiger partial charge in [0, 0.05) is 20.9 Å². The molecule has 5 heteroatoms. The van der Waals surface area contributed by atoms with E-state index < -0.39 is 5.60 Å². The molecular formula is C19H19F2NOS. The van der Waals surface area contributed by atoms with E-state index in [1.165, 1.54) is 36.0 Å². The minimum Gasteiger partial charge on any atom is -0.380 e. The van der Waals surface area contributed by atoms with Gasteiger partial charge in [-0.2, -0.15) is 0 Å². The maximum Gasteiger partial charge on any atom is 0.124 e. The van der Waals surface area contributed by atoms with E-state index in [4.69, 9.17) is 0 Å². The molecule has 0 bridgehead atoms. The number of piperidine rings is 1. The van der Waals surface area contributed by atoms with E-state index in [1.807, 2.05) is 0 Å². The summed E-state index contributed by atoms with van der Waals surface area (Å²) >= 11 is 1.40. The average molecular weight is 347 g/mol. The number of halogens is 2. The zero-order valence-corrected chi connectivity index (χ0v) is 14.2. The number of fused-ring (bicyclic) bond motifs is 2. The van der Waals surface area contributed by atoms with Gasteiger partial charge in [0.15, 0.2) is 0 Å². The highest BCUT2D eigenvalue weighted by atomic mass is 32.2. The van der Waals surface area contributed by atoms with Gasteiger partial charge < -0.3 is 10.0 Å². The fraction of sp³-hybridized carbons (Fsp3) is 0.368. The normalized spacial score (nSPS) is 24.5. The lowest BCUT2D eigenvalue weighted by atomic mass is 9.71. The van der Waals surface area contributed by atoms with E-state index in [-0.39, 0.29) is 17.6 Å². The quantitative estimate of drug-likeness (QED) is 0.843. The third-order valence-electron chi connectivity index (χ3n) is 5.24. The van der Waals surface area contributed by atoms with Crippen LogP contribution >= 0.6 is 11.8 Å². The van der Waals surface area contributed by atoms with Crippen LogP contribution in [0.25, 0.3) is 0 Å². The molecule has 1 atom stereocenters. The summed E-state index contributed by atoms with van der Waals surface area (Å²) in [5.74, 6) is -0.692. The largest absolute Gasteiger partial charge is 0.380 e. The Labute approximate surface area is 144 Å². The van der Waals surface area contributed by atoms with Crippen LogP contribution in [0.15, 0.2) is 46.2 Å². The van der Waals surface area contributed by atoms with Gasteiger partial charge in [-0.25, -0.2) is 8.78 Å². The highest BCUT2D eigenvalue weighted by Gasteiger charge is 2.46. The standard InChI is InChI=1S/C19H19F2NOS/c1-22-8-6-12(7-9-22)19(23)15-4-2-14(21)11-18(15)24-17-5-3-13(20)10-16(17)19/h2-5,10-12,23H,6-9H2,1H3. The van der Waals surface area contributed by atoms with Gasteiger partial charge in [-0.05, 0) is 69.2 Å². The molecule has 0 aromatic heterocycles. The molecule has 2 aliphatic heterocycles. The van der Waals surface area contributed by atoms with Gasteiger partial charge in [-0.3, -0.25) is 0 Å². The summed E-state index contributed by atoms with van der Waals surface area (Å²) in [5, 5.41) is 11.8. The molecule has 2 heterocycles. The number of hydrogen-bond acceptors (Lipinski definition) is 3. The van der Waals surface area contributed by atoms with Crippen molar-refractivity contribution in [2.75, 3.05) is 20.1 Å². The SMILES string of the molecule is CN1CCC(C2(O)c3ccc(F)cc3Sc3ccc(F)cc32)CC1. The van der Waals surface area contributed by atoms with Gasteiger partial charge in [0.25, 0.3) is 0 Å². The highest BCUT2D eigenvalue weighted by Crippen LogP contribution is 2.53. The van der Waals surface area contributed by atoms with Crippen molar-refractivity contribution in [3.05, 3.63) is 59.2 Å². The summed E-state index contributed by atoms with van der Waals surface area (Å²) in [6, 6.07) is 9.01. The van der Waals surface area contributed by atoms with Crippen LogP contribution in [0.5, 0.6) is 0 Å². The lowest BCUT2D eigenvalue weighted by Gasteiger charge is -2.44. The molecule has 4 rings (SSSR count). The molecule has 0 radical (unpaired) electrons. The summed E-state index contributed by atoms with van der Waals surface area (Å²) in [6.45, 7) is 1.78. The fourth-order valence-electron chi connectivity index (χ4n) is 3.91. The van der Waals surface area contributed by atoms with Crippen LogP contribution in [0, 0.1) is 17.6 Å². The molecule has 0 spiro atoms. The van der Waals surface area contributed by atoms with E-state index in [0.717, 1.165) is 35.7 Å². The van der Waals surface area contributed by atoms with Gasteiger partial charge in [-0.15, -0.1) is 0 Å². The Bertz CT molecular complexity index is 789. The van der Waals surface area contributed by atoms with Crippen LogP contribution in [-0.2, 0) is 5.60 Å². The first-order chi connectivity index (χ1) is 11.5. The van der Waals surface area contributed by atoms with E-state index in [1.54, 1.807) is 12.1 Å². The van der Waals surface area contributed by atoms with Gasteiger partial charge >= 0.3 is 0 Å². The molecule has 0 saturated carbocycles. The Morgan fingerprint density at radius 1 is 1.00 bits per heavy atom. The van der Waals surface area contributed by atoms with Gasteiger partial charge in [-0.1, -0.05) is 17.8 Å². The first-order valence-electron chi connectivity index (χ1n) is 8.17. The molecular weight excluding hydrogens is 328 g/mol. The third kappa shape index (κ3) is 2.46. The molecule has 126 valence electrons. The second-order valence-corrected chi connectivity index (χ2v) is 7.81. The van der Waals surface area contributed by atoms with E-state index in [9.17, 15) is 13.9 Å². The second-order valence-electron chi connectivity index (χ2n) is 6.73. The minimum atomic E-state index is -1.27. The van der Waals surface area contributed by atoms with E-state index >= 15 is 0 Å². The van der Waals surface area contributed by atoms with Gasteiger partial charge in [0.05, 0.1) is 0 Å². The number of aliphatic hydroxyl groups is 1. The third-order valence-corrected chi connectivity index (χ3v) is 6.37. The molecule has 1 saturated heterocycles. The topological polar surface area (TPSA) is 23.5 Å². The summed E-state index contributed by atoms with van der Waals surface area (Å²) in [7, 11) is 2.06. The van der Waals surface area contributed by atoms with Crippen LogP contribution in [0.3, 0.4) is 0 Å². The maximum absolute atomic E-state index is 13.9. The Hall–Kier alpha value is -1.43. The average Bonchev–Trinajstić information content (AvgIpc) is 2.56. The zero-order valence-electron chi connectivity index (χ0n) is 13.4. The Morgan fingerprint density at radius 3 is 2.42 bits per heavy atom. The van der Waals surface area contributed by atoms with E-state index in [0.29, 0.717) is 11.1 Å². The van der Waals surface area contributed by atoms with Crippen molar-refractivity contribution in [1.82, 2.24) is 4.90 Å². The van der Waals surface area contributed by atoms with E-state index in [2.05, 4.69) is 11.9 Å². The van der Waals surface area contributed by atoms with Crippen molar-refractivity contribution in [3.8, 4) is 0 Å². The Kier molecular flexibility index (Phi) is 3.90. The number of rotatable bonds is 1. The predicted octanol–water partition coefficient (Wildman–Crippen LogP) is 4.01. The number of benzene rings is 2. The number of nitrogens with zero attached hydrogens (tertiary/aromatic N) is 1. The number of likely N-dealkylation sites (tertiary alicyclic amines) is 1. The molecule has 2 aromatic carbocycles. The summed E-state index contributed by atoms with van der Waals surface area (Å²) in [6.07, 6.45) is 1.65. The first kappa shape index (κ1) is 16.1. The Balaban J connectivity index is 1.89. The first-order valence-corrected chi connectivity index (χ1v) is 8.99. The molecule has 0 aliphatic carbocycles. The van der Waals surface area contributed by atoms with Crippen LogP contribution in [-0.4, -0.2) is 30.1 Å². The lowest BCUT2D eigenvalue weighted by Crippen LogP contribution is -2.44. The molecule has 0 amide bonds. The summed E-state index contributed by atoms with van der Waals surface area (Å²) in [4.78, 5) is 3.75. The minimum absolute atomic E-state index is 0.0145. The van der Waals surface area contributed by atoms with Gasteiger partial charge in [0.2, 0.25) is 0 Å². The summed E-state index contributed by atoms with van der Waals surface area (Å²) < 4.78 is 27.6. The predicted molar refractivity (Wildman–Crippen MR) is 90.1 cm³/mol. The molecule has 1 fully saturated rings. The smallest absolute Gasteiger partial charge is 0.124 e. The van der Waals surface area contributed by atoms with Crippen LogP contribution in [0.4, 0.5) is 8.78 Å². The number of hydrogen-bond donors (Lipinski definition) is 1. The monoisotopic (exact) mass is 347 g/mol. The lowest BCUT2D eigenvalue weighted by molar-refractivity contribution is -0.0162. The molecule has 2 aromatic rings. The molecule has 24 heavy (non-hydrogen) atoms. The van der Waals surface area contributed by atoms with Crippen LogP contribution < -0.4 is 0 Å². The highest BCUT2D eigenvalue weighted by molar-refractivity contribution is 7.99. The molecule has 2 aliphatic rings. The van der Waals surface area contributed by atoms with Crippen molar-refractivity contribution in [1.29, 1.82) is 0 Å². The molecule has 1 unspecified atom stereocenters. The van der Waals surface area contributed by atoms with Crippen molar-refractivity contribution < 1.29 is 13.9 Å². The van der Waals surface area contributed by atoms with Crippen LogP contribution in [0.1, 0.15) is 24.0 Å². The van der Waals surface area contributed by atoms with Crippen molar-refractivity contribution in [2.24, 2.45) is 5.92 Å². The fourth-order valence-corrected chi connectivity index (χ4v) is 5.12.